The van der Waals surface area contributed by atoms with Crippen LogP contribution < -0.4 is 5.32 Å². The molecule has 0 aliphatic carbocycles. The number of carbonyl (C=O) groups excluding carboxylic acids is 1. The van der Waals surface area contributed by atoms with E-state index in [0.29, 0.717) is 16.9 Å². The van der Waals surface area contributed by atoms with Gasteiger partial charge < -0.3 is 5.32 Å². The van der Waals surface area contributed by atoms with Gasteiger partial charge in [-0.2, -0.15) is 10.2 Å². The standard InChI is InChI=1S/C21H16N4O3/c26-21(14-9-16-5-4-8-20(15-16)25(27)28)22-17-10-12-19(13-11-17)24-23-18-6-2-1-3-7-18/h1-15H,(H,22,26). The van der Waals surface area contributed by atoms with Crippen LogP contribution in [0, 0.1) is 10.1 Å². The molecule has 1 amide bonds. The molecule has 0 aliphatic rings. The van der Waals surface area contributed by atoms with E-state index in [9.17, 15) is 14.9 Å². The van der Waals surface area contributed by atoms with E-state index in [2.05, 4.69) is 15.5 Å². The van der Waals surface area contributed by atoms with Crippen LogP contribution in [-0.2, 0) is 4.79 Å². The SMILES string of the molecule is O=C(C=Cc1cccc([N+](=O)[O-])c1)Nc1ccc(N=Nc2ccccc2)cc1. The highest BCUT2D eigenvalue weighted by Gasteiger charge is 2.04. The Kier molecular flexibility index (Phi) is 5.99. The van der Waals surface area contributed by atoms with Gasteiger partial charge in [-0.05, 0) is 48.0 Å². The Morgan fingerprint density at radius 1 is 0.893 bits per heavy atom. The van der Waals surface area contributed by atoms with Crippen molar-refractivity contribution in [2.24, 2.45) is 10.2 Å². The van der Waals surface area contributed by atoms with Crippen molar-refractivity contribution in [1.82, 2.24) is 0 Å². The van der Waals surface area contributed by atoms with E-state index in [1.807, 2.05) is 30.3 Å². The van der Waals surface area contributed by atoms with Crippen LogP contribution in [0.4, 0.5) is 22.7 Å². The summed E-state index contributed by atoms with van der Waals surface area (Å²) in [6.45, 7) is 0. The number of nitrogens with zero attached hydrogens (tertiary/aromatic N) is 3. The fourth-order valence-corrected chi connectivity index (χ4v) is 2.32. The van der Waals surface area contributed by atoms with Crippen molar-refractivity contribution < 1.29 is 9.72 Å². The van der Waals surface area contributed by atoms with Crippen molar-refractivity contribution in [2.45, 2.75) is 0 Å². The van der Waals surface area contributed by atoms with Gasteiger partial charge in [0.1, 0.15) is 0 Å². The molecule has 28 heavy (non-hydrogen) atoms. The van der Waals surface area contributed by atoms with Crippen LogP contribution in [0.5, 0.6) is 0 Å². The van der Waals surface area contributed by atoms with Gasteiger partial charge in [0.15, 0.2) is 0 Å². The maximum atomic E-state index is 12.0. The minimum absolute atomic E-state index is 0.0252. The van der Waals surface area contributed by atoms with E-state index in [-0.39, 0.29) is 11.6 Å². The minimum atomic E-state index is -0.478. The predicted molar refractivity (Wildman–Crippen MR) is 108 cm³/mol. The van der Waals surface area contributed by atoms with Crippen LogP contribution in [0.2, 0.25) is 0 Å². The maximum Gasteiger partial charge on any atom is 0.270 e. The third kappa shape index (κ3) is 5.43. The molecule has 0 saturated heterocycles. The number of amides is 1. The molecule has 0 aliphatic heterocycles. The summed E-state index contributed by atoms with van der Waals surface area (Å²) in [6.07, 6.45) is 2.84. The largest absolute Gasteiger partial charge is 0.323 e. The number of nitrogens with one attached hydrogen (secondary N) is 1. The number of anilines is 1. The van der Waals surface area contributed by atoms with Crippen molar-refractivity contribution in [3.63, 3.8) is 0 Å². The number of nitro groups is 1. The second-order valence-corrected chi connectivity index (χ2v) is 5.76. The molecule has 0 spiro atoms. The first-order chi connectivity index (χ1) is 13.6. The van der Waals surface area contributed by atoms with Crippen molar-refractivity contribution in [2.75, 3.05) is 5.32 Å². The highest BCUT2D eigenvalue weighted by atomic mass is 16.6. The van der Waals surface area contributed by atoms with Gasteiger partial charge in [-0.1, -0.05) is 30.3 Å². The van der Waals surface area contributed by atoms with Crippen molar-refractivity contribution in [3.05, 3.63) is 101 Å². The molecule has 138 valence electrons. The number of non-ortho nitro benzene ring substituents is 1. The van der Waals surface area contributed by atoms with E-state index in [4.69, 9.17) is 0 Å². The molecule has 3 aromatic rings. The fourth-order valence-electron chi connectivity index (χ4n) is 2.32. The van der Waals surface area contributed by atoms with Crippen LogP contribution in [0.1, 0.15) is 5.56 Å². The molecule has 0 unspecified atom stereocenters. The van der Waals surface area contributed by atoms with Gasteiger partial charge in [0.2, 0.25) is 5.91 Å². The molecule has 0 fully saturated rings. The Hall–Kier alpha value is -4.13. The highest BCUT2D eigenvalue weighted by Crippen LogP contribution is 2.20. The van der Waals surface area contributed by atoms with Crippen molar-refractivity contribution in [1.29, 1.82) is 0 Å². The van der Waals surface area contributed by atoms with Crippen molar-refractivity contribution in [3.8, 4) is 0 Å². The average Bonchev–Trinajstić information content (AvgIpc) is 2.73. The molecule has 0 bridgehead atoms. The third-order valence-electron chi connectivity index (χ3n) is 3.68. The zero-order valence-electron chi connectivity index (χ0n) is 14.7. The maximum absolute atomic E-state index is 12.0. The van der Waals surface area contributed by atoms with Crippen LogP contribution in [0.3, 0.4) is 0 Å². The summed E-state index contributed by atoms with van der Waals surface area (Å²) in [7, 11) is 0. The Bertz CT molecular complexity index is 1030. The number of benzene rings is 3. The first-order valence-corrected chi connectivity index (χ1v) is 8.40. The third-order valence-corrected chi connectivity index (χ3v) is 3.68. The quantitative estimate of drug-likeness (QED) is 0.261. The zero-order chi connectivity index (χ0) is 19.8. The van der Waals surface area contributed by atoms with Crippen LogP contribution in [-0.4, -0.2) is 10.8 Å². The lowest BCUT2D eigenvalue weighted by molar-refractivity contribution is -0.384. The van der Waals surface area contributed by atoms with E-state index in [0.717, 1.165) is 5.69 Å². The lowest BCUT2D eigenvalue weighted by Crippen LogP contribution is -2.07. The first-order valence-electron chi connectivity index (χ1n) is 8.40. The van der Waals surface area contributed by atoms with E-state index in [1.54, 1.807) is 36.4 Å². The molecular weight excluding hydrogens is 356 g/mol. The van der Waals surface area contributed by atoms with Gasteiger partial charge in [0.05, 0.1) is 16.3 Å². The molecule has 0 aromatic heterocycles. The number of hydrogen-bond acceptors (Lipinski definition) is 5. The molecule has 0 saturated carbocycles. The lowest BCUT2D eigenvalue weighted by Gasteiger charge is -2.02. The smallest absolute Gasteiger partial charge is 0.270 e. The molecule has 3 rings (SSSR count). The number of nitro benzene ring substituents is 1. The summed E-state index contributed by atoms with van der Waals surface area (Å²) in [4.78, 5) is 22.3. The van der Waals surface area contributed by atoms with Gasteiger partial charge >= 0.3 is 0 Å². The molecule has 7 nitrogen and oxygen atoms in total. The Morgan fingerprint density at radius 2 is 1.57 bits per heavy atom. The number of carbonyl (C=O) groups is 1. The molecule has 0 atom stereocenters. The Balaban J connectivity index is 1.59. The number of azo groups is 1. The predicted octanol–water partition coefficient (Wildman–Crippen LogP) is 5.66. The fraction of sp³-hybridized carbons (Fsp3) is 0. The van der Waals surface area contributed by atoms with E-state index < -0.39 is 4.92 Å². The van der Waals surface area contributed by atoms with Gasteiger partial charge in [-0.3, -0.25) is 14.9 Å². The number of hydrogen-bond donors (Lipinski definition) is 1. The normalized spacial score (nSPS) is 11.0. The summed E-state index contributed by atoms with van der Waals surface area (Å²) in [6, 6.07) is 22.4. The van der Waals surface area contributed by atoms with Crippen LogP contribution in [0.15, 0.2) is 95.2 Å². The molecular formula is C21H16N4O3. The monoisotopic (exact) mass is 372 g/mol. The highest BCUT2D eigenvalue weighted by molar-refractivity contribution is 6.02. The summed E-state index contributed by atoms with van der Waals surface area (Å²) in [5.74, 6) is -0.342. The summed E-state index contributed by atoms with van der Waals surface area (Å²) in [5, 5.41) is 21.8. The summed E-state index contributed by atoms with van der Waals surface area (Å²) in [5.41, 5.74) is 2.57. The van der Waals surface area contributed by atoms with E-state index >= 15 is 0 Å². The molecule has 7 heteroatoms. The average molecular weight is 372 g/mol. The molecule has 0 radical (unpaired) electrons. The molecule has 3 aromatic carbocycles. The van der Waals surface area contributed by atoms with Gasteiger partial charge in [0, 0.05) is 23.9 Å². The molecule has 1 N–H and O–H groups in total. The Morgan fingerprint density at radius 3 is 2.25 bits per heavy atom. The number of rotatable bonds is 6. The topological polar surface area (TPSA) is 97.0 Å². The zero-order valence-corrected chi connectivity index (χ0v) is 14.7. The Labute approximate surface area is 161 Å². The summed E-state index contributed by atoms with van der Waals surface area (Å²) < 4.78 is 0. The molecule has 0 heterocycles. The second kappa shape index (κ2) is 9.00. The van der Waals surface area contributed by atoms with E-state index in [1.165, 1.54) is 24.3 Å². The first kappa shape index (κ1) is 18.7. The van der Waals surface area contributed by atoms with Gasteiger partial charge in [0.25, 0.3) is 5.69 Å². The van der Waals surface area contributed by atoms with Crippen LogP contribution in [0.25, 0.3) is 6.08 Å². The minimum Gasteiger partial charge on any atom is -0.323 e. The summed E-state index contributed by atoms with van der Waals surface area (Å²) >= 11 is 0. The van der Waals surface area contributed by atoms with Gasteiger partial charge in [-0.25, -0.2) is 0 Å². The second-order valence-electron chi connectivity index (χ2n) is 5.76. The lowest BCUT2D eigenvalue weighted by atomic mass is 10.2. The van der Waals surface area contributed by atoms with Crippen LogP contribution >= 0.6 is 0 Å². The van der Waals surface area contributed by atoms with Crippen molar-refractivity contribution >= 4 is 34.7 Å². The van der Waals surface area contributed by atoms with Gasteiger partial charge in [-0.15, -0.1) is 0 Å².